The van der Waals surface area contributed by atoms with Gasteiger partial charge in [0.25, 0.3) is 0 Å². The van der Waals surface area contributed by atoms with Crippen molar-refractivity contribution in [2.24, 2.45) is 0 Å². The van der Waals surface area contributed by atoms with E-state index >= 15 is 0 Å². The van der Waals surface area contributed by atoms with E-state index in [-0.39, 0.29) is 0 Å². The molecule has 0 aliphatic rings. The fourth-order valence-electron chi connectivity index (χ4n) is 1.30. The summed E-state index contributed by atoms with van der Waals surface area (Å²) in [6.07, 6.45) is 5.25. The van der Waals surface area contributed by atoms with Gasteiger partial charge in [-0.15, -0.1) is 0 Å². The summed E-state index contributed by atoms with van der Waals surface area (Å²) in [5.74, 6) is -0.915. The van der Waals surface area contributed by atoms with Crippen LogP contribution >= 0.6 is 0 Å². The van der Waals surface area contributed by atoms with E-state index in [1.807, 2.05) is 19.1 Å². The topological polar surface area (TPSA) is 37.3 Å². The van der Waals surface area contributed by atoms with Crippen LogP contribution in [0.3, 0.4) is 0 Å². The van der Waals surface area contributed by atoms with Crippen LogP contribution in [0.25, 0.3) is 12.2 Å². The summed E-state index contributed by atoms with van der Waals surface area (Å²) in [7, 11) is 0. The molecule has 1 aromatic rings. The lowest BCUT2D eigenvalue weighted by atomic mass is 10.0. The number of hydrogen-bond acceptors (Lipinski definition) is 1. The zero-order valence-electron chi connectivity index (χ0n) is 8.03. The maximum atomic E-state index is 10.9. The molecule has 1 aromatic carbocycles. The summed E-state index contributed by atoms with van der Waals surface area (Å²) < 4.78 is 0. The molecule has 0 aliphatic heterocycles. The second-order valence-electron chi connectivity index (χ2n) is 2.82. The van der Waals surface area contributed by atoms with Gasteiger partial charge >= 0.3 is 5.97 Å². The van der Waals surface area contributed by atoms with Crippen molar-refractivity contribution >= 4 is 18.1 Å². The molecular formula is C12H12O2. The Kier molecular flexibility index (Phi) is 3.24. The molecule has 0 atom stereocenters. The van der Waals surface area contributed by atoms with Crippen LogP contribution in [0.4, 0.5) is 0 Å². The molecule has 0 heterocycles. The number of benzene rings is 1. The van der Waals surface area contributed by atoms with E-state index in [1.165, 1.54) is 0 Å². The number of carbonyl (C=O) groups is 1. The Bertz CT molecular complexity index is 389. The van der Waals surface area contributed by atoms with Crippen LogP contribution in [0.1, 0.15) is 28.4 Å². The molecule has 0 spiro atoms. The molecule has 0 aliphatic carbocycles. The summed E-state index contributed by atoms with van der Waals surface area (Å²) in [5.41, 5.74) is 1.85. The second-order valence-corrected chi connectivity index (χ2v) is 2.82. The highest BCUT2D eigenvalue weighted by atomic mass is 16.4. The quantitative estimate of drug-likeness (QED) is 0.791. The summed E-state index contributed by atoms with van der Waals surface area (Å²) in [4.78, 5) is 10.9. The molecule has 0 amide bonds. The smallest absolute Gasteiger partial charge is 0.336 e. The van der Waals surface area contributed by atoms with E-state index in [4.69, 9.17) is 5.11 Å². The molecule has 1 rings (SSSR count). The number of carboxylic acid groups (broad SMARTS) is 1. The zero-order chi connectivity index (χ0) is 10.6. The molecule has 0 radical (unpaired) electrons. The molecule has 0 fully saturated rings. The zero-order valence-corrected chi connectivity index (χ0v) is 8.03. The third-order valence-corrected chi connectivity index (χ3v) is 1.92. The van der Waals surface area contributed by atoms with Gasteiger partial charge in [0.2, 0.25) is 0 Å². The van der Waals surface area contributed by atoms with Crippen molar-refractivity contribution in [3.05, 3.63) is 47.5 Å². The number of carboxylic acids is 1. The van der Waals surface area contributed by atoms with Gasteiger partial charge in [-0.1, -0.05) is 36.9 Å². The van der Waals surface area contributed by atoms with Gasteiger partial charge in [0, 0.05) is 0 Å². The van der Waals surface area contributed by atoms with Crippen LogP contribution in [0.2, 0.25) is 0 Å². The third kappa shape index (κ3) is 1.91. The highest BCUT2D eigenvalue weighted by Gasteiger charge is 2.09. The number of rotatable bonds is 3. The molecule has 0 saturated heterocycles. The van der Waals surface area contributed by atoms with Crippen molar-refractivity contribution in [2.75, 3.05) is 0 Å². The highest BCUT2D eigenvalue weighted by Crippen LogP contribution is 2.17. The lowest BCUT2D eigenvalue weighted by molar-refractivity contribution is 0.0696. The van der Waals surface area contributed by atoms with E-state index in [0.717, 1.165) is 5.56 Å². The molecule has 0 bridgehead atoms. The van der Waals surface area contributed by atoms with E-state index in [1.54, 1.807) is 24.3 Å². The Balaban J connectivity index is 3.42. The first-order valence-electron chi connectivity index (χ1n) is 4.32. The Hall–Kier alpha value is -1.83. The third-order valence-electron chi connectivity index (χ3n) is 1.92. The van der Waals surface area contributed by atoms with Crippen molar-refractivity contribution in [1.82, 2.24) is 0 Å². The van der Waals surface area contributed by atoms with E-state index < -0.39 is 5.97 Å². The Morgan fingerprint density at radius 1 is 1.50 bits per heavy atom. The highest BCUT2D eigenvalue weighted by molar-refractivity contribution is 5.93. The van der Waals surface area contributed by atoms with Gasteiger partial charge in [-0.3, -0.25) is 0 Å². The molecule has 0 unspecified atom stereocenters. The molecule has 72 valence electrons. The summed E-state index contributed by atoms with van der Waals surface area (Å²) in [6.45, 7) is 5.50. The van der Waals surface area contributed by atoms with Gasteiger partial charge < -0.3 is 5.11 Å². The average Bonchev–Trinajstić information content (AvgIpc) is 2.18. The van der Waals surface area contributed by atoms with Crippen LogP contribution in [-0.4, -0.2) is 11.1 Å². The minimum atomic E-state index is -0.915. The number of allylic oxidation sites excluding steroid dienone is 1. The summed E-state index contributed by atoms with van der Waals surface area (Å²) in [6, 6.07) is 5.15. The maximum absolute atomic E-state index is 10.9. The number of hydrogen-bond donors (Lipinski definition) is 1. The minimum Gasteiger partial charge on any atom is -0.478 e. The fourth-order valence-corrected chi connectivity index (χ4v) is 1.30. The van der Waals surface area contributed by atoms with Crippen LogP contribution in [-0.2, 0) is 0 Å². The average molecular weight is 188 g/mol. The number of aromatic carboxylic acids is 1. The largest absolute Gasteiger partial charge is 0.478 e. The second kappa shape index (κ2) is 4.42. The normalized spacial score (nSPS) is 10.4. The Morgan fingerprint density at radius 2 is 2.21 bits per heavy atom. The van der Waals surface area contributed by atoms with E-state index in [0.29, 0.717) is 11.1 Å². The van der Waals surface area contributed by atoms with Gasteiger partial charge in [-0.25, -0.2) is 4.79 Å². The minimum absolute atomic E-state index is 0.306. The standard InChI is InChI=1S/C12H12O2/c1-3-6-10-9(4-2)7-5-8-11(10)12(13)14/h3-8H,2H2,1H3,(H,13,14)/b6-3-. The Morgan fingerprint density at radius 3 is 2.71 bits per heavy atom. The van der Waals surface area contributed by atoms with Crippen molar-refractivity contribution in [3.8, 4) is 0 Å². The van der Waals surface area contributed by atoms with Crippen LogP contribution in [0, 0.1) is 0 Å². The monoisotopic (exact) mass is 188 g/mol. The predicted molar refractivity (Wildman–Crippen MR) is 58.2 cm³/mol. The maximum Gasteiger partial charge on any atom is 0.336 e. The molecular weight excluding hydrogens is 176 g/mol. The van der Waals surface area contributed by atoms with Crippen LogP contribution in [0.5, 0.6) is 0 Å². The molecule has 14 heavy (non-hydrogen) atoms. The van der Waals surface area contributed by atoms with Gasteiger partial charge in [0.15, 0.2) is 0 Å². The molecule has 1 N–H and O–H groups in total. The predicted octanol–water partition coefficient (Wildman–Crippen LogP) is 3.06. The summed E-state index contributed by atoms with van der Waals surface area (Å²) in [5, 5.41) is 8.94. The van der Waals surface area contributed by atoms with Gasteiger partial charge in [0.05, 0.1) is 5.56 Å². The molecule has 0 saturated carbocycles. The van der Waals surface area contributed by atoms with Crippen molar-refractivity contribution in [2.45, 2.75) is 6.92 Å². The van der Waals surface area contributed by atoms with Crippen molar-refractivity contribution in [3.63, 3.8) is 0 Å². The fraction of sp³-hybridized carbons (Fsp3) is 0.0833. The van der Waals surface area contributed by atoms with E-state index in [9.17, 15) is 4.79 Å². The first-order chi connectivity index (χ1) is 6.70. The van der Waals surface area contributed by atoms with E-state index in [2.05, 4.69) is 6.58 Å². The lowest BCUT2D eigenvalue weighted by Crippen LogP contribution is -2.00. The van der Waals surface area contributed by atoms with Gasteiger partial charge in [-0.05, 0) is 24.1 Å². The molecule has 2 heteroatoms. The first kappa shape index (κ1) is 10.3. The van der Waals surface area contributed by atoms with Gasteiger partial charge in [-0.2, -0.15) is 0 Å². The van der Waals surface area contributed by atoms with Crippen LogP contribution in [0.15, 0.2) is 30.9 Å². The summed E-state index contributed by atoms with van der Waals surface area (Å²) >= 11 is 0. The lowest BCUT2D eigenvalue weighted by Gasteiger charge is -2.04. The molecule has 2 nitrogen and oxygen atoms in total. The van der Waals surface area contributed by atoms with Crippen molar-refractivity contribution in [1.29, 1.82) is 0 Å². The van der Waals surface area contributed by atoms with Crippen LogP contribution < -0.4 is 0 Å². The Labute approximate surface area is 83.2 Å². The SMILES string of the molecule is C=Cc1cccc(C(=O)O)c1/C=C\C. The molecule has 0 aromatic heterocycles. The van der Waals surface area contributed by atoms with Crippen molar-refractivity contribution < 1.29 is 9.90 Å². The first-order valence-corrected chi connectivity index (χ1v) is 4.32. The van der Waals surface area contributed by atoms with Gasteiger partial charge in [0.1, 0.15) is 0 Å².